The molecule has 2 aromatic heterocycles. The van der Waals surface area contributed by atoms with E-state index in [0.717, 1.165) is 11.1 Å². The van der Waals surface area contributed by atoms with Crippen molar-refractivity contribution in [2.45, 2.75) is 18.4 Å². The summed E-state index contributed by atoms with van der Waals surface area (Å²) < 4.78 is 41.7. The number of anilines is 1. The van der Waals surface area contributed by atoms with Crippen LogP contribution in [0.2, 0.25) is 0 Å². The van der Waals surface area contributed by atoms with Crippen LogP contribution < -0.4 is 13.8 Å². The molecule has 31 heavy (non-hydrogen) atoms. The van der Waals surface area contributed by atoms with Gasteiger partial charge in [0.15, 0.2) is 17.1 Å². The number of aromatic nitrogens is 3. The number of hydrogen-bond acceptors (Lipinski definition) is 6. The zero-order valence-corrected chi connectivity index (χ0v) is 17.6. The monoisotopic (exact) mass is 436 g/mol. The Morgan fingerprint density at radius 2 is 1.77 bits per heavy atom. The first-order chi connectivity index (χ1) is 15.0. The summed E-state index contributed by atoms with van der Waals surface area (Å²) in [5, 5.41) is 7.77. The summed E-state index contributed by atoms with van der Waals surface area (Å²) in [7, 11) is -3.90. The maximum atomic E-state index is 13.7. The van der Waals surface area contributed by atoms with E-state index in [1.165, 1.54) is 16.8 Å². The fraction of sp³-hybridized carbons (Fsp3) is 0.182. The van der Waals surface area contributed by atoms with Crippen molar-refractivity contribution in [3.8, 4) is 11.5 Å². The second-order valence-corrected chi connectivity index (χ2v) is 9.15. The van der Waals surface area contributed by atoms with Gasteiger partial charge in [-0.15, -0.1) is 10.2 Å². The zero-order valence-electron chi connectivity index (χ0n) is 16.8. The number of fused-ring (bicyclic) bond motifs is 2. The summed E-state index contributed by atoms with van der Waals surface area (Å²) in [6.07, 6.45) is 2.99. The van der Waals surface area contributed by atoms with Crippen LogP contribution in [0.3, 0.4) is 0 Å². The Morgan fingerprint density at radius 3 is 2.58 bits per heavy atom. The van der Waals surface area contributed by atoms with E-state index < -0.39 is 10.0 Å². The first-order valence-electron chi connectivity index (χ1n) is 9.78. The predicted octanol–water partition coefficient (Wildman–Crippen LogP) is 3.20. The lowest BCUT2D eigenvalue weighted by Gasteiger charge is -2.27. The van der Waals surface area contributed by atoms with Crippen molar-refractivity contribution >= 4 is 21.4 Å². The SMILES string of the molecule is Cc1ccc(CN(c2ccc3c(c2)OCCO3)S(=O)(=O)c2ccc3nncn3c2)cc1. The lowest BCUT2D eigenvalue weighted by Crippen LogP contribution is -2.31. The van der Waals surface area contributed by atoms with E-state index in [1.54, 1.807) is 34.7 Å². The minimum absolute atomic E-state index is 0.141. The van der Waals surface area contributed by atoms with Crippen molar-refractivity contribution in [2.75, 3.05) is 17.5 Å². The summed E-state index contributed by atoms with van der Waals surface area (Å²) in [5.41, 5.74) is 3.04. The number of benzene rings is 2. The van der Waals surface area contributed by atoms with Crippen LogP contribution in [0.15, 0.2) is 72.0 Å². The van der Waals surface area contributed by atoms with Crippen LogP contribution in [0.5, 0.6) is 11.5 Å². The topological polar surface area (TPSA) is 86.0 Å². The standard InChI is InChI=1S/C22H20N4O4S/c1-16-2-4-17(5-3-16)13-26(18-6-8-20-21(12-18)30-11-10-29-20)31(27,28)19-7-9-22-24-23-15-25(22)14-19/h2-9,12,14-15H,10-11,13H2,1H3. The molecule has 0 bridgehead atoms. The lowest BCUT2D eigenvalue weighted by atomic mass is 10.1. The quantitative estimate of drug-likeness (QED) is 0.478. The third kappa shape index (κ3) is 3.68. The molecule has 0 N–H and O–H groups in total. The van der Waals surface area contributed by atoms with Crippen LogP contribution in [-0.2, 0) is 16.6 Å². The Morgan fingerprint density at radius 1 is 1.00 bits per heavy atom. The molecule has 158 valence electrons. The molecule has 1 aliphatic heterocycles. The van der Waals surface area contributed by atoms with Gasteiger partial charge in [-0.05, 0) is 36.8 Å². The maximum absolute atomic E-state index is 13.7. The minimum Gasteiger partial charge on any atom is -0.486 e. The van der Waals surface area contributed by atoms with E-state index >= 15 is 0 Å². The van der Waals surface area contributed by atoms with Crippen LogP contribution >= 0.6 is 0 Å². The van der Waals surface area contributed by atoms with Crippen molar-refractivity contribution in [1.29, 1.82) is 0 Å². The zero-order chi connectivity index (χ0) is 21.4. The van der Waals surface area contributed by atoms with Gasteiger partial charge in [0.25, 0.3) is 10.0 Å². The average molecular weight is 436 g/mol. The number of ether oxygens (including phenoxy) is 2. The number of aryl methyl sites for hydroxylation is 1. The Balaban J connectivity index is 1.60. The number of nitrogens with zero attached hydrogens (tertiary/aromatic N) is 4. The van der Waals surface area contributed by atoms with Crippen molar-refractivity contribution in [3.05, 3.63) is 78.2 Å². The Kier molecular flexibility index (Phi) is 4.74. The van der Waals surface area contributed by atoms with E-state index in [0.29, 0.717) is 36.0 Å². The van der Waals surface area contributed by atoms with E-state index in [2.05, 4.69) is 10.2 Å². The fourth-order valence-corrected chi connectivity index (χ4v) is 4.90. The molecule has 0 saturated carbocycles. The van der Waals surface area contributed by atoms with E-state index in [4.69, 9.17) is 9.47 Å². The van der Waals surface area contributed by atoms with Gasteiger partial charge in [-0.1, -0.05) is 29.8 Å². The highest BCUT2D eigenvalue weighted by Crippen LogP contribution is 2.36. The number of hydrogen-bond donors (Lipinski definition) is 0. The third-order valence-corrected chi connectivity index (χ3v) is 6.87. The van der Waals surface area contributed by atoms with Gasteiger partial charge in [-0.3, -0.25) is 8.71 Å². The van der Waals surface area contributed by atoms with Crippen LogP contribution in [-0.4, -0.2) is 36.2 Å². The molecule has 0 aliphatic carbocycles. The van der Waals surface area contributed by atoms with Gasteiger partial charge in [0, 0.05) is 12.3 Å². The van der Waals surface area contributed by atoms with Gasteiger partial charge >= 0.3 is 0 Å². The summed E-state index contributed by atoms with van der Waals surface area (Å²) in [4.78, 5) is 0.141. The predicted molar refractivity (Wildman–Crippen MR) is 115 cm³/mol. The van der Waals surface area contributed by atoms with Crippen molar-refractivity contribution in [2.24, 2.45) is 0 Å². The molecule has 0 atom stereocenters. The fourth-order valence-electron chi connectivity index (χ4n) is 3.45. The van der Waals surface area contributed by atoms with Gasteiger partial charge in [-0.25, -0.2) is 8.42 Å². The highest BCUT2D eigenvalue weighted by molar-refractivity contribution is 7.92. The van der Waals surface area contributed by atoms with Gasteiger partial charge < -0.3 is 9.47 Å². The van der Waals surface area contributed by atoms with Crippen molar-refractivity contribution < 1.29 is 17.9 Å². The third-order valence-electron chi connectivity index (χ3n) is 5.11. The molecule has 0 spiro atoms. The highest BCUT2D eigenvalue weighted by atomic mass is 32.2. The highest BCUT2D eigenvalue weighted by Gasteiger charge is 2.27. The smallest absolute Gasteiger partial charge is 0.266 e. The minimum atomic E-state index is -3.90. The van der Waals surface area contributed by atoms with E-state index in [1.807, 2.05) is 31.2 Å². The Hall–Kier alpha value is -3.59. The van der Waals surface area contributed by atoms with Crippen molar-refractivity contribution in [1.82, 2.24) is 14.6 Å². The molecule has 3 heterocycles. The second kappa shape index (κ2) is 7.59. The van der Waals surface area contributed by atoms with Crippen LogP contribution in [0.4, 0.5) is 5.69 Å². The molecule has 0 fully saturated rings. The summed E-state index contributed by atoms with van der Waals surface area (Å²) >= 11 is 0. The number of rotatable bonds is 5. The molecule has 4 aromatic rings. The molecular weight excluding hydrogens is 416 g/mol. The molecule has 9 heteroatoms. The lowest BCUT2D eigenvalue weighted by molar-refractivity contribution is 0.171. The van der Waals surface area contributed by atoms with Crippen LogP contribution in [0, 0.1) is 6.92 Å². The molecule has 5 rings (SSSR count). The van der Waals surface area contributed by atoms with E-state index in [-0.39, 0.29) is 11.4 Å². The molecule has 1 aliphatic rings. The van der Waals surface area contributed by atoms with Crippen molar-refractivity contribution in [3.63, 3.8) is 0 Å². The average Bonchev–Trinajstić information content (AvgIpc) is 3.26. The number of sulfonamides is 1. The first-order valence-corrected chi connectivity index (χ1v) is 11.2. The molecule has 0 unspecified atom stereocenters. The van der Waals surface area contributed by atoms with Gasteiger partial charge in [0.05, 0.1) is 12.2 Å². The molecule has 2 aromatic carbocycles. The maximum Gasteiger partial charge on any atom is 0.266 e. The molecule has 0 amide bonds. The first kappa shape index (κ1) is 19.4. The molecule has 0 radical (unpaired) electrons. The van der Waals surface area contributed by atoms with E-state index in [9.17, 15) is 8.42 Å². The Labute approximate surface area is 179 Å². The molecule has 0 saturated heterocycles. The van der Waals surface area contributed by atoms with Crippen LogP contribution in [0.1, 0.15) is 11.1 Å². The van der Waals surface area contributed by atoms with Gasteiger partial charge in [0.1, 0.15) is 24.4 Å². The Bertz CT molecular complexity index is 1350. The second-order valence-electron chi connectivity index (χ2n) is 7.29. The molecule has 8 nitrogen and oxygen atoms in total. The van der Waals surface area contributed by atoms with Gasteiger partial charge in [0.2, 0.25) is 0 Å². The summed E-state index contributed by atoms with van der Waals surface area (Å²) in [5.74, 6) is 1.13. The summed E-state index contributed by atoms with van der Waals surface area (Å²) in [6.45, 7) is 3.05. The van der Waals surface area contributed by atoms with Crippen LogP contribution in [0.25, 0.3) is 5.65 Å². The number of pyridine rings is 1. The van der Waals surface area contributed by atoms with Gasteiger partial charge in [-0.2, -0.15) is 0 Å². The summed E-state index contributed by atoms with van der Waals surface area (Å²) in [6, 6.07) is 16.1. The normalized spacial score (nSPS) is 13.3. The molecular formula is C22H20N4O4S. The largest absolute Gasteiger partial charge is 0.486 e.